The van der Waals surface area contributed by atoms with E-state index in [4.69, 9.17) is 9.47 Å². The first-order valence-corrected chi connectivity index (χ1v) is 6.98. The zero-order chi connectivity index (χ0) is 14.7. The number of aromatic nitrogens is 2. The number of rotatable bonds is 4. The Morgan fingerprint density at radius 3 is 2.95 bits per heavy atom. The summed E-state index contributed by atoms with van der Waals surface area (Å²) < 4.78 is 12.5. The highest BCUT2D eigenvalue weighted by molar-refractivity contribution is 5.74. The Morgan fingerprint density at radius 1 is 1.55 bits per heavy atom. The van der Waals surface area contributed by atoms with Crippen LogP contribution in [0.15, 0.2) is 12.4 Å². The Labute approximate surface area is 119 Å². The predicted octanol–water partition coefficient (Wildman–Crippen LogP) is 1.23. The van der Waals surface area contributed by atoms with Crippen molar-refractivity contribution in [3.05, 3.63) is 18.2 Å². The molecule has 0 saturated carbocycles. The molecule has 0 radical (unpaired) electrons. The quantitative estimate of drug-likeness (QED) is 0.777. The predicted molar refractivity (Wildman–Crippen MR) is 74.2 cm³/mol. The fourth-order valence-corrected chi connectivity index (χ4v) is 2.57. The highest BCUT2D eigenvalue weighted by Gasteiger charge is 2.31. The topological polar surface area (TPSA) is 56.6 Å². The highest BCUT2D eigenvalue weighted by atomic mass is 16.6. The van der Waals surface area contributed by atoms with E-state index in [9.17, 15) is 4.79 Å². The summed E-state index contributed by atoms with van der Waals surface area (Å²) in [5, 5.41) is 0. The molecule has 0 bridgehead atoms. The van der Waals surface area contributed by atoms with Gasteiger partial charge in [-0.25, -0.2) is 9.78 Å². The summed E-state index contributed by atoms with van der Waals surface area (Å²) in [5.74, 6) is 0.700. The van der Waals surface area contributed by atoms with E-state index in [0.29, 0.717) is 19.1 Å². The average molecular weight is 281 g/mol. The molecule has 2 atom stereocenters. The van der Waals surface area contributed by atoms with Gasteiger partial charge in [0.15, 0.2) is 6.10 Å². The molecular formula is C14H23N3O3. The normalized spacial score (nSPS) is 24.1. The van der Waals surface area contributed by atoms with E-state index in [1.807, 2.05) is 19.3 Å². The van der Waals surface area contributed by atoms with Gasteiger partial charge in [0.25, 0.3) is 0 Å². The van der Waals surface area contributed by atoms with E-state index in [1.54, 1.807) is 0 Å². The number of nitrogens with zero attached hydrogens (tertiary/aromatic N) is 3. The Kier molecular flexibility index (Phi) is 4.77. The van der Waals surface area contributed by atoms with E-state index >= 15 is 0 Å². The van der Waals surface area contributed by atoms with Crippen molar-refractivity contribution in [1.82, 2.24) is 14.5 Å². The first kappa shape index (κ1) is 15.0. The van der Waals surface area contributed by atoms with Gasteiger partial charge in [-0.1, -0.05) is 0 Å². The number of ether oxygens (including phenoxy) is 2. The molecular weight excluding hydrogens is 258 g/mol. The van der Waals surface area contributed by atoms with Gasteiger partial charge in [0.2, 0.25) is 0 Å². The third-order valence-corrected chi connectivity index (χ3v) is 3.47. The molecule has 0 spiro atoms. The minimum Gasteiger partial charge on any atom is -0.467 e. The lowest BCUT2D eigenvalue weighted by atomic mass is 10.2. The molecule has 2 heterocycles. The second-order valence-corrected chi connectivity index (χ2v) is 5.50. The molecule has 112 valence electrons. The van der Waals surface area contributed by atoms with Crippen LogP contribution in [0.3, 0.4) is 0 Å². The van der Waals surface area contributed by atoms with Crippen molar-refractivity contribution in [3.8, 4) is 0 Å². The second-order valence-electron chi connectivity index (χ2n) is 5.50. The fourth-order valence-electron chi connectivity index (χ4n) is 2.57. The lowest BCUT2D eigenvalue weighted by Gasteiger charge is -2.35. The summed E-state index contributed by atoms with van der Waals surface area (Å²) in [5.41, 5.74) is 0. The first-order chi connectivity index (χ1) is 9.51. The molecule has 0 unspecified atom stereocenters. The first-order valence-electron chi connectivity index (χ1n) is 6.98. The molecule has 1 aliphatic heterocycles. The maximum atomic E-state index is 11.6. The number of imidazole rings is 1. The standard InChI is InChI=1S/C14H23N3O3/c1-10(2)17-6-5-15-13(17)9-16-7-11(3)20-12(8-16)14(18)19-4/h5-6,10-12H,7-9H2,1-4H3/t11-,12+/m1/s1. The molecule has 2 rings (SSSR count). The second kappa shape index (κ2) is 6.37. The van der Waals surface area contributed by atoms with Gasteiger partial charge in [0, 0.05) is 31.5 Å². The van der Waals surface area contributed by atoms with E-state index in [0.717, 1.165) is 12.4 Å². The van der Waals surface area contributed by atoms with Crippen LogP contribution in [-0.4, -0.2) is 52.8 Å². The van der Waals surface area contributed by atoms with Gasteiger partial charge in [-0.2, -0.15) is 0 Å². The van der Waals surface area contributed by atoms with Gasteiger partial charge < -0.3 is 14.0 Å². The molecule has 6 heteroatoms. The third kappa shape index (κ3) is 3.37. The van der Waals surface area contributed by atoms with Crippen molar-refractivity contribution < 1.29 is 14.3 Å². The summed E-state index contributed by atoms with van der Waals surface area (Å²) in [6.45, 7) is 8.28. The zero-order valence-corrected chi connectivity index (χ0v) is 12.6. The van der Waals surface area contributed by atoms with E-state index in [1.165, 1.54) is 7.11 Å². The minimum atomic E-state index is -0.508. The van der Waals surface area contributed by atoms with Gasteiger partial charge in [-0.05, 0) is 20.8 Å². The molecule has 0 aliphatic carbocycles. The van der Waals surface area contributed by atoms with Crippen LogP contribution in [0.5, 0.6) is 0 Å². The van der Waals surface area contributed by atoms with Gasteiger partial charge in [-0.3, -0.25) is 4.90 Å². The van der Waals surface area contributed by atoms with Crippen LogP contribution in [0, 0.1) is 0 Å². The van der Waals surface area contributed by atoms with E-state index in [2.05, 4.69) is 28.3 Å². The van der Waals surface area contributed by atoms with Crippen molar-refractivity contribution >= 4 is 5.97 Å². The van der Waals surface area contributed by atoms with Crippen molar-refractivity contribution in [2.75, 3.05) is 20.2 Å². The number of carbonyl (C=O) groups is 1. The summed E-state index contributed by atoms with van der Waals surface area (Å²) in [7, 11) is 1.39. The molecule has 1 aromatic rings. The number of methoxy groups -OCH3 is 1. The van der Waals surface area contributed by atoms with Gasteiger partial charge in [-0.15, -0.1) is 0 Å². The molecule has 0 aromatic carbocycles. The molecule has 20 heavy (non-hydrogen) atoms. The molecule has 6 nitrogen and oxygen atoms in total. The lowest BCUT2D eigenvalue weighted by molar-refractivity contribution is -0.166. The Morgan fingerprint density at radius 2 is 2.30 bits per heavy atom. The molecule has 0 amide bonds. The number of hydrogen-bond donors (Lipinski definition) is 0. The van der Waals surface area contributed by atoms with Crippen molar-refractivity contribution in [2.45, 2.75) is 45.6 Å². The van der Waals surface area contributed by atoms with Crippen molar-refractivity contribution in [1.29, 1.82) is 0 Å². The van der Waals surface area contributed by atoms with Crippen molar-refractivity contribution in [2.24, 2.45) is 0 Å². The Hall–Kier alpha value is -1.40. The zero-order valence-electron chi connectivity index (χ0n) is 12.6. The molecule has 1 aliphatic rings. The lowest BCUT2D eigenvalue weighted by Crippen LogP contribution is -2.49. The van der Waals surface area contributed by atoms with Gasteiger partial charge in [0.05, 0.1) is 19.8 Å². The van der Waals surface area contributed by atoms with Crippen LogP contribution in [-0.2, 0) is 20.8 Å². The van der Waals surface area contributed by atoms with Crippen LogP contribution < -0.4 is 0 Å². The molecule has 1 aromatic heterocycles. The van der Waals surface area contributed by atoms with E-state index < -0.39 is 6.10 Å². The summed E-state index contributed by atoms with van der Waals surface area (Å²) >= 11 is 0. The third-order valence-electron chi connectivity index (χ3n) is 3.47. The van der Waals surface area contributed by atoms with Crippen LogP contribution in [0.1, 0.15) is 32.6 Å². The largest absolute Gasteiger partial charge is 0.467 e. The van der Waals surface area contributed by atoms with Gasteiger partial charge in [0.1, 0.15) is 5.82 Å². The summed E-state index contributed by atoms with van der Waals surface area (Å²) in [4.78, 5) is 18.2. The maximum Gasteiger partial charge on any atom is 0.336 e. The van der Waals surface area contributed by atoms with Gasteiger partial charge >= 0.3 is 5.97 Å². The Bertz CT molecular complexity index is 458. The Balaban J connectivity index is 2.04. The smallest absolute Gasteiger partial charge is 0.336 e. The minimum absolute atomic E-state index is 0.00955. The summed E-state index contributed by atoms with van der Waals surface area (Å²) in [6.07, 6.45) is 3.31. The molecule has 1 saturated heterocycles. The van der Waals surface area contributed by atoms with Crippen molar-refractivity contribution in [3.63, 3.8) is 0 Å². The number of carbonyl (C=O) groups excluding carboxylic acids is 1. The highest BCUT2D eigenvalue weighted by Crippen LogP contribution is 2.16. The average Bonchev–Trinajstić information content (AvgIpc) is 2.85. The SMILES string of the molecule is COC(=O)[C@@H]1CN(Cc2nccn2C(C)C)C[C@@H](C)O1. The van der Waals surface area contributed by atoms with Crippen LogP contribution >= 0.6 is 0 Å². The van der Waals surface area contributed by atoms with Crippen LogP contribution in [0.4, 0.5) is 0 Å². The monoisotopic (exact) mass is 281 g/mol. The summed E-state index contributed by atoms with van der Waals surface area (Å²) in [6, 6.07) is 0.377. The van der Waals surface area contributed by atoms with E-state index in [-0.39, 0.29) is 12.1 Å². The molecule has 1 fully saturated rings. The number of esters is 1. The number of morpholine rings is 1. The van der Waals surface area contributed by atoms with Crippen LogP contribution in [0.2, 0.25) is 0 Å². The fraction of sp³-hybridized carbons (Fsp3) is 0.714. The number of hydrogen-bond acceptors (Lipinski definition) is 5. The van der Waals surface area contributed by atoms with Crippen LogP contribution in [0.25, 0.3) is 0 Å². The maximum absolute atomic E-state index is 11.6. The molecule has 0 N–H and O–H groups in total.